The predicted octanol–water partition coefficient (Wildman–Crippen LogP) is 5.34. The SMILES string of the molecule is COc1ccc([C@@H]2CC(=O)C[C@H](c3ccccc3)N2Cc2ccccc2)cc1. The third kappa shape index (κ3) is 4.00. The highest BCUT2D eigenvalue weighted by atomic mass is 16.5. The molecule has 28 heavy (non-hydrogen) atoms. The van der Waals surface area contributed by atoms with E-state index in [1.165, 1.54) is 11.1 Å². The van der Waals surface area contributed by atoms with Gasteiger partial charge in [-0.2, -0.15) is 0 Å². The molecular formula is C25H25NO2. The average Bonchev–Trinajstić information content (AvgIpc) is 2.76. The van der Waals surface area contributed by atoms with E-state index in [0.29, 0.717) is 18.6 Å². The lowest BCUT2D eigenvalue weighted by Gasteiger charge is -2.42. The number of hydrogen-bond donors (Lipinski definition) is 0. The number of ketones is 1. The molecule has 1 saturated heterocycles. The van der Waals surface area contributed by atoms with Crippen LogP contribution in [0.15, 0.2) is 84.9 Å². The Morgan fingerprint density at radius 2 is 1.32 bits per heavy atom. The standard InChI is InChI=1S/C25H25NO2/c1-28-23-14-12-21(13-15-23)25-17-22(27)16-24(20-10-6-3-7-11-20)26(25)18-19-8-4-2-5-9-19/h2-15,24-25H,16-18H2,1H3/t24-,25+/m1/s1. The lowest BCUT2D eigenvalue weighted by Crippen LogP contribution is -2.39. The van der Waals surface area contributed by atoms with Crippen LogP contribution in [0.1, 0.15) is 41.6 Å². The van der Waals surface area contributed by atoms with Gasteiger partial charge in [-0.1, -0.05) is 72.8 Å². The van der Waals surface area contributed by atoms with Crippen LogP contribution in [0.2, 0.25) is 0 Å². The molecule has 1 heterocycles. The molecule has 1 aliphatic heterocycles. The van der Waals surface area contributed by atoms with Gasteiger partial charge in [0.25, 0.3) is 0 Å². The molecule has 0 spiro atoms. The summed E-state index contributed by atoms with van der Waals surface area (Å²) in [7, 11) is 1.67. The van der Waals surface area contributed by atoms with Crippen LogP contribution in [-0.4, -0.2) is 17.8 Å². The fourth-order valence-electron chi connectivity index (χ4n) is 4.10. The van der Waals surface area contributed by atoms with Crippen molar-refractivity contribution in [2.45, 2.75) is 31.5 Å². The van der Waals surface area contributed by atoms with Crippen LogP contribution in [0.3, 0.4) is 0 Å². The summed E-state index contributed by atoms with van der Waals surface area (Å²) in [5, 5.41) is 0. The molecule has 142 valence electrons. The largest absolute Gasteiger partial charge is 0.497 e. The van der Waals surface area contributed by atoms with E-state index in [0.717, 1.165) is 17.9 Å². The lowest BCUT2D eigenvalue weighted by atomic mass is 9.86. The highest BCUT2D eigenvalue weighted by Gasteiger charge is 2.36. The third-order valence-corrected chi connectivity index (χ3v) is 5.54. The molecule has 0 N–H and O–H groups in total. The van der Waals surface area contributed by atoms with Crippen LogP contribution in [-0.2, 0) is 11.3 Å². The minimum Gasteiger partial charge on any atom is -0.497 e. The second kappa shape index (κ2) is 8.41. The monoisotopic (exact) mass is 371 g/mol. The zero-order valence-electron chi connectivity index (χ0n) is 16.1. The van der Waals surface area contributed by atoms with E-state index in [2.05, 4.69) is 65.6 Å². The molecule has 0 radical (unpaired) electrons. The lowest BCUT2D eigenvalue weighted by molar-refractivity contribution is -0.126. The summed E-state index contributed by atoms with van der Waals surface area (Å²) in [5.74, 6) is 1.15. The summed E-state index contributed by atoms with van der Waals surface area (Å²) in [6.07, 6.45) is 1.10. The molecule has 0 amide bonds. The Morgan fingerprint density at radius 1 is 0.786 bits per heavy atom. The summed E-state index contributed by atoms with van der Waals surface area (Å²) in [6, 6.07) is 29.2. The van der Waals surface area contributed by atoms with Crippen molar-refractivity contribution in [3.63, 3.8) is 0 Å². The molecule has 3 aromatic rings. The number of likely N-dealkylation sites (tertiary alicyclic amines) is 1. The number of carbonyl (C=O) groups excluding carboxylic acids is 1. The van der Waals surface area contributed by atoms with Crippen LogP contribution >= 0.6 is 0 Å². The summed E-state index contributed by atoms with van der Waals surface area (Å²) in [5.41, 5.74) is 3.62. The molecule has 1 fully saturated rings. The summed E-state index contributed by atoms with van der Waals surface area (Å²) < 4.78 is 5.31. The number of benzene rings is 3. The Bertz CT molecular complexity index is 906. The van der Waals surface area contributed by atoms with Gasteiger partial charge in [-0.05, 0) is 28.8 Å². The van der Waals surface area contributed by atoms with Gasteiger partial charge in [0.1, 0.15) is 11.5 Å². The van der Waals surface area contributed by atoms with E-state index >= 15 is 0 Å². The van der Waals surface area contributed by atoms with Crippen molar-refractivity contribution in [1.82, 2.24) is 4.90 Å². The minimum atomic E-state index is 0.0533. The van der Waals surface area contributed by atoms with Crippen LogP contribution in [0.25, 0.3) is 0 Å². The maximum atomic E-state index is 12.7. The molecule has 2 atom stereocenters. The van der Waals surface area contributed by atoms with Gasteiger partial charge in [-0.15, -0.1) is 0 Å². The Labute approximate surface area is 166 Å². The molecule has 4 rings (SSSR count). The molecule has 1 aliphatic rings. The quantitative estimate of drug-likeness (QED) is 0.606. The van der Waals surface area contributed by atoms with E-state index in [9.17, 15) is 4.79 Å². The van der Waals surface area contributed by atoms with Gasteiger partial charge in [0.05, 0.1) is 7.11 Å². The predicted molar refractivity (Wildman–Crippen MR) is 111 cm³/mol. The van der Waals surface area contributed by atoms with Crippen molar-refractivity contribution in [2.24, 2.45) is 0 Å². The van der Waals surface area contributed by atoms with Crippen LogP contribution in [0, 0.1) is 0 Å². The number of carbonyl (C=O) groups is 1. The van der Waals surface area contributed by atoms with Crippen molar-refractivity contribution in [3.05, 3.63) is 102 Å². The van der Waals surface area contributed by atoms with Crippen LogP contribution in [0.5, 0.6) is 5.75 Å². The smallest absolute Gasteiger partial charge is 0.136 e. The zero-order valence-corrected chi connectivity index (χ0v) is 16.1. The van der Waals surface area contributed by atoms with Gasteiger partial charge in [-0.25, -0.2) is 0 Å². The zero-order chi connectivity index (χ0) is 19.3. The fraction of sp³-hybridized carbons (Fsp3) is 0.240. The van der Waals surface area contributed by atoms with Crippen molar-refractivity contribution < 1.29 is 9.53 Å². The first-order chi connectivity index (χ1) is 13.7. The van der Waals surface area contributed by atoms with E-state index in [1.54, 1.807) is 7.11 Å². The Balaban J connectivity index is 1.73. The molecule has 3 nitrogen and oxygen atoms in total. The topological polar surface area (TPSA) is 29.5 Å². The van der Waals surface area contributed by atoms with E-state index in [-0.39, 0.29) is 12.1 Å². The number of ether oxygens (including phenoxy) is 1. The number of piperidine rings is 1. The highest BCUT2D eigenvalue weighted by Crippen LogP contribution is 2.41. The first kappa shape index (κ1) is 18.5. The number of methoxy groups -OCH3 is 1. The van der Waals surface area contributed by atoms with E-state index in [1.807, 2.05) is 24.3 Å². The Hall–Kier alpha value is -2.91. The summed E-state index contributed by atoms with van der Waals surface area (Å²) in [6.45, 7) is 0.810. The van der Waals surface area contributed by atoms with Crippen molar-refractivity contribution >= 4 is 5.78 Å². The van der Waals surface area contributed by atoms with Crippen LogP contribution in [0.4, 0.5) is 0 Å². The van der Waals surface area contributed by atoms with Gasteiger partial charge >= 0.3 is 0 Å². The second-order valence-electron chi connectivity index (χ2n) is 7.32. The number of Topliss-reactive ketones (excluding diaryl/α,β-unsaturated/α-hetero) is 1. The first-order valence-corrected chi connectivity index (χ1v) is 9.75. The normalized spacial score (nSPS) is 20.1. The molecule has 0 unspecified atom stereocenters. The second-order valence-corrected chi connectivity index (χ2v) is 7.32. The molecule has 0 aromatic heterocycles. The number of rotatable bonds is 5. The van der Waals surface area contributed by atoms with E-state index in [4.69, 9.17) is 4.74 Å². The molecule has 0 bridgehead atoms. The molecular weight excluding hydrogens is 346 g/mol. The maximum Gasteiger partial charge on any atom is 0.136 e. The maximum absolute atomic E-state index is 12.7. The molecule has 0 aliphatic carbocycles. The van der Waals surface area contributed by atoms with E-state index < -0.39 is 0 Å². The van der Waals surface area contributed by atoms with Gasteiger partial charge in [0.2, 0.25) is 0 Å². The molecule has 0 saturated carbocycles. The van der Waals surface area contributed by atoms with Crippen LogP contribution < -0.4 is 4.74 Å². The molecule has 3 aromatic carbocycles. The van der Waals surface area contributed by atoms with Gasteiger partial charge in [0.15, 0.2) is 0 Å². The Morgan fingerprint density at radius 3 is 1.89 bits per heavy atom. The van der Waals surface area contributed by atoms with Gasteiger partial charge in [-0.3, -0.25) is 9.69 Å². The number of nitrogens with zero attached hydrogens (tertiary/aromatic N) is 1. The minimum absolute atomic E-state index is 0.0533. The van der Waals surface area contributed by atoms with Crippen molar-refractivity contribution in [1.29, 1.82) is 0 Å². The molecule has 3 heteroatoms. The summed E-state index contributed by atoms with van der Waals surface area (Å²) >= 11 is 0. The highest BCUT2D eigenvalue weighted by molar-refractivity contribution is 5.81. The van der Waals surface area contributed by atoms with Gasteiger partial charge < -0.3 is 4.74 Å². The average molecular weight is 371 g/mol. The third-order valence-electron chi connectivity index (χ3n) is 5.54. The fourth-order valence-corrected chi connectivity index (χ4v) is 4.10. The van der Waals surface area contributed by atoms with Crippen molar-refractivity contribution in [2.75, 3.05) is 7.11 Å². The Kier molecular flexibility index (Phi) is 5.54. The number of hydrogen-bond acceptors (Lipinski definition) is 3. The first-order valence-electron chi connectivity index (χ1n) is 9.75. The van der Waals surface area contributed by atoms with Gasteiger partial charge in [0, 0.05) is 31.5 Å². The van der Waals surface area contributed by atoms with Crippen molar-refractivity contribution in [3.8, 4) is 5.75 Å². The summed E-state index contributed by atoms with van der Waals surface area (Å²) in [4.78, 5) is 15.2.